The number of aldehydes is 1. The van der Waals surface area contributed by atoms with Gasteiger partial charge in [-0.2, -0.15) is 0 Å². The first-order valence-electron chi connectivity index (χ1n) is 2.02. The third-order valence-corrected chi connectivity index (χ3v) is 2.80. The molecule has 1 aliphatic heterocycles. The molecule has 2 heteroatoms. The van der Waals surface area contributed by atoms with Crippen molar-refractivity contribution in [2.75, 3.05) is 0 Å². The number of rotatable bonds is 1. The first-order valence-corrected chi connectivity index (χ1v) is 4.28. The Balaban J connectivity index is 2.61. The summed E-state index contributed by atoms with van der Waals surface area (Å²) < 4.78 is 1.00. The maximum atomic E-state index is 9.93. The first-order chi connectivity index (χ1) is 3.43. The topological polar surface area (TPSA) is 17.1 Å². The van der Waals surface area contributed by atoms with Crippen molar-refractivity contribution in [3.05, 3.63) is 21.4 Å². The van der Waals surface area contributed by atoms with Crippen molar-refractivity contribution >= 4 is 22.0 Å². The predicted molar refractivity (Wildman–Crippen MR) is 30.4 cm³/mol. The second kappa shape index (κ2) is 2.13. The molecule has 0 saturated carbocycles. The third kappa shape index (κ3) is 1.04. The summed E-state index contributed by atoms with van der Waals surface area (Å²) in [4.78, 5) is 12.0. The Morgan fingerprint density at radius 2 is 2.57 bits per heavy atom. The van der Waals surface area contributed by atoms with Crippen LogP contribution in [0, 0.1) is 0 Å². The summed E-state index contributed by atoms with van der Waals surface area (Å²) in [7, 11) is 0. The summed E-state index contributed by atoms with van der Waals surface area (Å²) in [5, 5.41) is 0. The molecule has 1 rings (SSSR count). The van der Waals surface area contributed by atoms with Crippen LogP contribution in [0.2, 0.25) is 0 Å². The van der Waals surface area contributed by atoms with E-state index in [1.807, 2.05) is 12.2 Å². The maximum absolute atomic E-state index is 9.93. The molecule has 36 valence electrons. The molecule has 0 spiro atoms. The van der Waals surface area contributed by atoms with Gasteiger partial charge in [0.2, 0.25) is 0 Å². The van der Waals surface area contributed by atoms with Gasteiger partial charge >= 0.3 is 48.2 Å². The van der Waals surface area contributed by atoms with Gasteiger partial charge in [-0.3, -0.25) is 0 Å². The molecule has 0 aromatic heterocycles. The molecule has 0 radical (unpaired) electrons. The van der Waals surface area contributed by atoms with Gasteiger partial charge in [0, 0.05) is 0 Å². The number of carbonyl (C=O) groups excluding carboxylic acids is 1. The molecule has 0 aliphatic carbocycles. The van der Waals surface area contributed by atoms with Crippen LogP contribution in [0.25, 0.3) is 0 Å². The number of carbonyl (C=O) groups is 1. The third-order valence-electron chi connectivity index (χ3n) is 0.749. The van der Waals surface area contributed by atoms with E-state index in [1.165, 1.54) is 0 Å². The Bertz CT molecular complexity index is 135. The van der Waals surface area contributed by atoms with Crippen LogP contribution in [0.4, 0.5) is 0 Å². The van der Waals surface area contributed by atoms with Crippen molar-refractivity contribution in [2.24, 2.45) is 0 Å². The molecule has 7 heavy (non-hydrogen) atoms. The standard InChI is InChI=1S/C5H5AsO/c7-4-5-2-1-3-6-5/h1-4,6H. The Morgan fingerprint density at radius 3 is 2.86 bits per heavy atom. The molecule has 1 aliphatic rings. The molecule has 0 aromatic rings. The minimum absolute atomic E-state index is 0.125. The summed E-state index contributed by atoms with van der Waals surface area (Å²) in [6, 6.07) is 0. The van der Waals surface area contributed by atoms with Crippen molar-refractivity contribution in [1.82, 2.24) is 0 Å². The second-order valence-corrected chi connectivity index (χ2v) is 3.76. The van der Waals surface area contributed by atoms with Crippen LogP contribution in [0.3, 0.4) is 0 Å². The molecule has 0 bridgehead atoms. The van der Waals surface area contributed by atoms with Gasteiger partial charge in [-0.15, -0.1) is 0 Å². The molecule has 1 nitrogen and oxygen atoms in total. The van der Waals surface area contributed by atoms with E-state index in [-0.39, 0.29) is 15.8 Å². The molecule has 0 amide bonds. The Labute approximate surface area is 48.8 Å². The van der Waals surface area contributed by atoms with Crippen LogP contribution in [0.5, 0.6) is 0 Å². The Hall–Kier alpha value is -0.292. The molecule has 0 N–H and O–H groups in total. The monoisotopic (exact) mass is 156 g/mol. The fourth-order valence-electron chi connectivity index (χ4n) is 0.418. The number of hydrogen-bond acceptors (Lipinski definition) is 1. The number of hydrogen-bond donors (Lipinski definition) is 0. The molecule has 0 fully saturated rings. The van der Waals surface area contributed by atoms with Crippen molar-refractivity contribution in [3.8, 4) is 0 Å². The van der Waals surface area contributed by atoms with Crippen molar-refractivity contribution < 1.29 is 4.79 Å². The zero-order valence-corrected chi connectivity index (χ0v) is 5.82. The average Bonchev–Trinajstić information content (AvgIpc) is 2.14. The van der Waals surface area contributed by atoms with Gasteiger partial charge in [-0.25, -0.2) is 0 Å². The van der Waals surface area contributed by atoms with Crippen molar-refractivity contribution in [1.29, 1.82) is 0 Å². The van der Waals surface area contributed by atoms with Crippen LogP contribution in [-0.2, 0) is 4.79 Å². The normalized spacial score (nSPS) is 20.3. The van der Waals surface area contributed by atoms with Crippen molar-refractivity contribution in [2.45, 2.75) is 0 Å². The van der Waals surface area contributed by atoms with E-state index >= 15 is 0 Å². The van der Waals surface area contributed by atoms with Crippen LogP contribution in [0.1, 0.15) is 0 Å². The van der Waals surface area contributed by atoms with E-state index in [0.717, 1.165) is 10.6 Å². The first kappa shape index (κ1) is 4.86. The van der Waals surface area contributed by atoms with Crippen LogP contribution in [-0.4, -0.2) is 22.0 Å². The van der Waals surface area contributed by atoms with Gasteiger partial charge in [0.05, 0.1) is 0 Å². The van der Waals surface area contributed by atoms with Gasteiger partial charge in [-0.1, -0.05) is 0 Å². The Kier molecular flexibility index (Phi) is 1.48. The zero-order valence-electron chi connectivity index (χ0n) is 3.72. The molecule has 0 saturated heterocycles. The minimum atomic E-state index is -0.125. The van der Waals surface area contributed by atoms with E-state index < -0.39 is 0 Å². The van der Waals surface area contributed by atoms with Gasteiger partial charge in [0.15, 0.2) is 0 Å². The van der Waals surface area contributed by atoms with Crippen LogP contribution < -0.4 is 0 Å². The fraction of sp³-hybridized carbons (Fsp3) is 0. The summed E-state index contributed by atoms with van der Waals surface area (Å²) >= 11 is -0.125. The molecule has 1 unspecified atom stereocenters. The van der Waals surface area contributed by atoms with Gasteiger partial charge in [-0.05, 0) is 0 Å². The molecular weight excluding hydrogens is 151 g/mol. The van der Waals surface area contributed by atoms with Crippen molar-refractivity contribution in [3.63, 3.8) is 0 Å². The summed E-state index contributed by atoms with van der Waals surface area (Å²) in [5.74, 6) is 0. The number of allylic oxidation sites excluding steroid dienone is 3. The van der Waals surface area contributed by atoms with E-state index in [9.17, 15) is 4.79 Å². The SMILES string of the molecule is O=CC1=CC=C[AsH]1. The van der Waals surface area contributed by atoms with E-state index in [4.69, 9.17) is 0 Å². The zero-order chi connectivity index (χ0) is 5.11. The second-order valence-electron chi connectivity index (χ2n) is 1.24. The van der Waals surface area contributed by atoms with Crippen LogP contribution in [0.15, 0.2) is 21.4 Å². The summed E-state index contributed by atoms with van der Waals surface area (Å²) in [6.45, 7) is 0. The Morgan fingerprint density at radius 1 is 1.71 bits per heavy atom. The van der Waals surface area contributed by atoms with Gasteiger partial charge in [0.25, 0.3) is 0 Å². The fourth-order valence-corrected chi connectivity index (χ4v) is 1.77. The molecule has 0 aromatic carbocycles. The van der Waals surface area contributed by atoms with E-state index in [2.05, 4.69) is 4.86 Å². The van der Waals surface area contributed by atoms with E-state index in [0.29, 0.717) is 0 Å². The predicted octanol–water partition coefficient (Wildman–Crippen LogP) is 0.0330. The average molecular weight is 156 g/mol. The summed E-state index contributed by atoms with van der Waals surface area (Å²) in [6.07, 6.45) is 4.77. The molecule has 1 heterocycles. The van der Waals surface area contributed by atoms with E-state index in [1.54, 1.807) is 0 Å². The van der Waals surface area contributed by atoms with Gasteiger partial charge in [0.1, 0.15) is 0 Å². The quantitative estimate of drug-likeness (QED) is 0.386. The molecular formula is C5H5AsO. The van der Waals surface area contributed by atoms with Crippen LogP contribution >= 0.6 is 0 Å². The molecule has 1 atom stereocenters. The van der Waals surface area contributed by atoms with Gasteiger partial charge < -0.3 is 0 Å². The summed E-state index contributed by atoms with van der Waals surface area (Å²) in [5.41, 5.74) is 0.